The number of amides is 2. The van der Waals surface area contributed by atoms with Crippen LogP contribution in [0, 0.1) is 3.57 Å². The minimum absolute atomic E-state index is 0.169. The summed E-state index contributed by atoms with van der Waals surface area (Å²) in [5.41, 5.74) is 1.39. The highest BCUT2D eigenvalue weighted by Gasteiger charge is 2.23. The van der Waals surface area contributed by atoms with Crippen molar-refractivity contribution in [1.82, 2.24) is 5.32 Å². The van der Waals surface area contributed by atoms with Gasteiger partial charge < -0.3 is 15.7 Å². The molecule has 2 aromatic rings. The Hall–Kier alpha value is -2.42. The molecule has 1 atom stereocenters. The molecule has 0 fully saturated rings. The monoisotopic (exact) mass is 452 g/mol. The van der Waals surface area contributed by atoms with Crippen molar-refractivity contribution < 1.29 is 19.5 Å². The number of para-hydroxylation sites is 1. The lowest BCUT2D eigenvalue weighted by Crippen LogP contribution is -2.42. The highest BCUT2D eigenvalue weighted by atomic mass is 127. The summed E-state index contributed by atoms with van der Waals surface area (Å²) in [4.78, 5) is 35.3. The van der Waals surface area contributed by atoms with Gasteiger partial charge in [-0.15, -0.1) is 0 Å². The summed E-state index contributed by atoms with van der Waals surface area (Å²) < 4.78 is 0.930. The Labute approximate surface area is 158 Å². The molecule has 130 valence electrons. The third kappa shape index (κ3) is 5.28. The van der Waals surface area contributed by atoms with Gasteiger partial charge in [-0.25, -0.2) is 4.79 Å². The van der Waals surface area contributed by atoms with E-state index in [9.17, 15) is 19.5 Å². The summed E-state index contributed by atoms with van der Waals surface area (Å²) in [6, 6.07) is 12.8. The van der Waals surface area contributed by atoms with E-state index < -0.39 is 17.9 Å². The average Bonchev–Trinajstić information content (AvgIpc) is 2.55. The van der Waals surface area contributed by atoms with E-state index in [4.69, 9.17) is 0 Å². The Kier molecular flexibility index (Phi) is 6.51. The fraction of sp³-hybridized carbons (Fsp3) is 0.167. The molecule has 0 unspecified atom stereocenters. The summed E-state index contributed by atoms with van der Waals surface area (Å²) in [6.45, 7) is 1.34. The standard InChI is InChI=1S/C18H17IN2O4/c1-11(22)20-15-9-5-3-7-13(15)17(23)21-16(18(24)25)10-12-6-2-4-8-14(12)19/h2-9,16H,10H2,1H3,(H,20,22)(H,21,23)(H,24,25)/t16-/m0/s1. The topological polar surface area (TPSA) is 95.5 Å². The molecule has 7 heteroatoms. The second-order valence-corrected chi connectivity index (χ2v) is 6.55. The van der Waals surface area contributed by atoms with Crippen molar-refractivity contribution in [1.29, 1.82) is 0 Å². The SMILES string of the molecule is CC(=O)Nc1ccccc1C(=O)N[C@@H](Cc1ccccc1I)C(=O)O. The van der Waals surface area contributed by atoms with E-state index in [-0.39, 0.29) is 17.9 Å². The van der Waals surface area contributed by atoms with E-state index in [0.29, 0.717) is 5.69 Å². The number of hydrogen-bond acceptors (Lipinski definition) is 3. The van der Waals surface area contributed by atoms with Gasteiger partial charge in [0.25, 0.3) is 5.91 Å². The maximum Gasteiger partial charge on any atom is 0.326 e. The molecule has 25 heavy (non-hydrogen) atoms. The van der Waals surface area contributed by atoms with E-state index in [1.165, 1.54) is 13.0 Å². The fourth-order valence-corrected chi connectivity index (χ4v) is 2.91. The zero-order chi connectivity index (χ0) is 18.4. The number of aliphatic carboxylic acids is 1. The van der Waals surface area contributed by atoms with Crippen LogP contribution in [0.3, 0.4) is 0 Å². The number of carboxylic acids is 1. The van der Waals surface area contributed by atoms with Crippen molar-refractivity contribution in [2.45, 2.75) is 19.4 Å². The molecule has 6 nitrogen and oxygen atoms in total. The average molecular weight is 452 g/mol. The van der Waals surface area contributed by atoms with Crippen LogP contribution in [0.5, 0.6) is 0 Å². The largest absolute Gasteiger partial charge is 0.480 e. The van der Waals surface area contributed by atoms with Gasteiger partial charge in [0, 0.05) is 16.9 Å². The smallest absolute Gasteiger partial charge is 0.326 e. The first-order valence-corrected chi connectivity index (χ1v) is 8.60. The zero-order valence-corrected chi connectivity index (χ0v) is 15.6. The molecule has 0 aliphatic heterocycles. The fourth-order valence-electron chi connectivity index (χ4n) is 2.30. The van der Waals surface area contributed by atoms with Crippen LogP contribution in [0.2, 0.25) is 0 Å². The molecule has 0 aliphatic carbocycles. The zero-order valence-electron chi connectivity index (χ0n) is 13.5. The van der Waals surface area contributed by atoms with Gasteiger partial charge in [0.05, 0.1) is 11.3 Å². The van der Waals surface area contributed by atoms with Crippen molar-refractivity contribution in [2.75, 3.05) is 5.32 Å². The lowest BCUT2D eigenvalue weighted by atomic mass is 10.1. The number of carbonyl (C=O) groups excluding carboxylic acids is 2. The minimum Gasteiger partial charge on any atom is -0.480 e. The molecule has 0 heterocycles. The number of rotatable bonds is 6. The van der Waals surface area contributed by atoms with Crippen LogP contribution >= 0.6 is 22.6 Å². The normalized spacial score (nSPS) is 11.4. The Morgan fingerprint density at radius 3 is 2.36 bits per heavy atom. The molecule has 0 radical (unpaired) electrons. The molecule has 2 amide bonds. The van der Waals surface area contributed by atoms with Crippen molar-refractivity contribution in [3.8, 4) is 0 Å². The highest BCUT2D eigenvalue weighted by Crippen LogP contribution is 2.17. The predicted molar refractivity (Wildman–Crippen MR) is 102 cm³/mol. The van der Waals surface area contributed by atoms with Crippen LogP contribution in [-0.2, 0) is 16.0 Å². The summed E-state index contributed by atoms with van der Waals surface area (Å²) in [7, 11) is 0. The second kappa shape index (κ2) is 8.61. The van der Waals surface area contributed by atoms with Gasteiger partial charge in [-0.2, -0.15) is 0 Å². The van der Waals surface area contributed by atoms with Gasteiger partial charge in [-0.3, -0.25) is 9.59 Å². The van der Waals surface area contributed by atoms with Gasteiger partial charge >= 0.3 is 5.97 Å². The second-order valence-electron chi connectivity index (χ2n) is 5.39. The molecule has 0 aromatic heterocycles. The summed E-state index contributed by atoms with van der Waals surface area (Å²) in [5, 5.41) is 14.5. The van der Waals surface area contributed by atoms with E-state index in [2.05, 4.69) is 33.2 Å². The van der Waals surface area contributed by atoms with Crippen molar-refractivity contribution in [3.63, 3.8) is 0 Å². The minimum atomic E-state index is -1.12. The van der Waals surface area contributed by atoms with Crippen LogP contribution in [-0.4, -0.2) is 28.9 Å². The molecule has 0 saturated carbocycles. The Balaban J connectivity index is 2.20. The molecule has 0 saturated heterocycles. The Morgan fingerprint density at radius 1 is 1.08 bits per heavy atom. The first kappa shape index (κ1) is 18.9. The number of anilines is 1. The Bertz CT molecular complexity index is 807. The number of carboxylic acid groups (broad SMARTS) is 1. The van der Waals surface area contributed by atoms with Crippen molar-refractivity contribution in [2.24, 2.45) is 0 Å². The molecule has 0 bridgehead atoms. The molecule has 0 spiro atoms. The van der Waals surface area contributed by atoms with E-state index in [1.807, 2.05) is 24.3 Å². The number of carbonyl (C=O) groups is 3. The Morgan fingerprint density at radius 2 is 1.72 bits per heavy atom. The third-order valence-electron chi connectivity index (χ3n) is 3.47. The van der Waals surface area contributed by atoms with E-state index in [0.717, 1.165) is 9.13 Å². The van der Waals surface area contributed by atoms with Crippen molar-refractivity contribution in [3.05, 3.63) is 63.2 Å². The number of nitrogens with one attached hydrogen (secondary N) is 2. The van der Waals surface area contributed by atoms with Gasteiger partial charge in [-0.1, -0.05) is 30.3 Å². The van der Waals surface area contributed by atoms with Crippen LogP contribution in [0.15, 0.2) is 48.5 Å². The van der Waals surface area contributed by atoms with Crippen LogP contribution < -0.4 is 10.6 Å². The molecule has 3 N–H and O–H groups in total. The van der Waals surface area contributed by atoms with E-state index in [1.54, 1.807) is 18.2 Å². The number of hydrogen-bond donors (Lipinski definition) is 3. The quantitative estimate of drug-likeness (QED) is 0.588. The van der Waals surface area contributed by atoms with Crippen LogP contribution in [0.25, 0.3) is 0 Å². The lowest BCUT2D eigenvalue weighted by molar-refractivity contribution is -0.139. The maximum atomic E-state index is 12.5. The summed E-state index contributed by atoms with van der Waals surface area (Å²) >= 11 is 2.13. The number of halogens is 1. The van der Waals surface area contributed by atoms with Crippen LogP contribution in [0.4, 0.5) is 5.69 Å². The highest BCUT2D eigenvalue weighted by molar-refractivity contribution is 14.1. The lowest BCUT2D eigenvalue weighted by Gasteiger charge is -2.17. The maximum absolute atomic E-state index is 12.5. The van der Waals surface area contributed by atoms with Gasteiger partial charge in [-0.05, 0) is 46.4 Å². The first-order valence-electron chi connectivity index (χ1n) is 7.52. The third-order valence-corrected chi connectivity index (χ3v) is 4.52. The van der Waals surface area contributed by atoms with E-state index >= 15 is 0 Å². The summed E-state index contributed by atoms with van der Waals surface area (Å²) in [5.74, 6) is -1.98. The summed E-state index contributed by atoms with van der Waals surface area (Å²) in [6.07, 6.45) is 0.169. The predicted octanol–water partition coefficient (Wildman–Crippen LogP) is 2.68. The van der Waals surface area contributed by atoms with Gasteiger partial charge in [0.15, 0.2) is 0 Å². The molecule has 0 aliphatic rings. The van der Waals surface area contributed by atoms with Crippen LogP contribution in [0.1, 0.15) is 22.8 Å². The number of benzene rings is 2. The molecule has 2 rings (SSSR count). The first-order chi connectivity index (χ1) is 11.9. The molecular formula is C18H17IN2O4. The molecular weight excluding hydrogens is 435 g/mol. The van der Waals surface area contributed by atoms with Gasteiger partial charge in [0.1, 0.15) is 6.04 Å². The van der Waals surface area contributed by atoms with Gasteiger partial charge in [0.2, 0.25) is 5.91 Å². The molecule has 2 aromatic carbocycles. The van der Waals surface area contributed by atoms with Crippen molar-refractivity contribution >= 4 is 46.1 Å².